The highest BCUT2D eigenvalue weighted by Gasteiger charge is 2.05. The topological polar surface area (TPSA) is 38.3 Å². The van der Waals surface area contributed by atoms with Crippen LogP contribution in [0.5, 0.6) is 5.75 Å². The van der Waals surface area contributed by atoms with E-state index in [0.29, 0.717) is 18.1 Å². The smallest absolute Gasteiger partial charge is 0.228 e. The third-order valence-corrected chi connectivity index (χ3v) is 4.39. The molecule has 0 aliphatic carbocycles. The number of rotatable bonds is 8. The molecular formula is C23H22ClNO2. The molecule has 3 aromatic rings. The predicted molar refractivity (Wildman–Crippen MR) is 110 cm³/mol. The summed E-state index contributed by atoms with van der Waals surface area (Å²) in [4.78, 5) is 12.1. The van der Waals surface area contributed by atoms with Gasteiger partial charge in [0.05, 0.1) is 13.0 Å². The van der Waals surface area contributed by atoms with E-state index >= 15 is 0 Å². The van der Waals surface area contributed by atoms with E-state index in [9.17, 15) is 4.79 Å². The van der Waals surface area contributed by atoms with Gasteiger partial charge in [-0.15, -0.1) is 0 Å². The van der Waals surface area contributed by atoms with Crippen molar-refractivity contribution >= 4 is 23.2 Å². The van der Waals surface area contributed by atoms with Gasteiger partial charge in [-0.2, -0.15) is 0 Å². The first-order valence-corrected chi connectivity index (χ1v) is 9.38. The van der Waals surface area contributed by atoms with Gasteiger partial charge in [-0.25, -0.2) is 0 Å². The van der Waals surface area contributed by atoms with Crippen LogP contribution in [-0.2, 0) is 17.6 Å². The van der Waals surface area contributed by atoms with Crippen LogP contribution in [0.3, 0.4) is 0 Å². The molecule has 0 unspecified atom stereocenters. The molecule has 0 fully saturated rings. The van der Waals surface area contributed by atoms with E-state index in [0.717, 1.165) is 29.8 Å². The lowest BCUT2D eigenvalue weighted by atomic mass is 10.1. The quantitative estimate of drug-likeness (QED) is 0.522. The lowest BCUT2D eigenvalue weighted by molar-refractivity contribution is -0.115. The van der Waals surface area contributed by atoms with Gasteiger partial charge in [-0.1, -0.05) is 54.1 Å². The summed E-state index contributed by atoms with van der Waals surface area (Å²) in [6.07, 6.45) is 2.28. The number of nitrogens with one attached hydrogen (secondary N) is 1. The van der Waals surface area contributed by atoms with Crippen molar-refractivity contribution in [2.24, 2.45) is 0 Å². The molecule has 0 atom stereocenters. The van der Waals surface area contributed by atoms with Crippen molar-refractivity contribution in [2.75, 3.05) is 11.9 Å². The number of carbonyl (C=O) groups excluding carboxylic acids is 1. The maximum absolute atomic E-state index is 12.1. The standard InChI is InChI=1S/C23H22ClNO2/c24-20-10-8-19(9-11-20)17-23(26)25-21-12-14-22(15-13-21)27-16-4-7-18-5-2-1-3-6-18/h1-3,5-6,8-15H,4,7,16-17H2,(H,25,26). The van der Waals surface area contributed by atoms with Crippen LogP contribution in [0.4, 0.5) is 5.69 Å². The summed E-state index contributed by atoms with van der Waals surface area (Å²) in [5.41, 5.74) is 3.00. The molecule has 0 aliphatic rings. The van der Waals surface area contributed by atoms with Gasteiger partial charge in [0.15, 0.2) is 0 Å². The van der Waals surface area contributed by atoms with Gasteiger partial charge in [0.2, 0.25) is 5.91 Å². The SMILES string of the molecule is O=C(Cc1ccc(Cl)cc1)Nc1ccc(OCCCc2ccccc2)cc1. The number of aryl methyl sites for hydroxylation is 1. The van der Waals surface area contributed by atoms with Gasteiger partial charge in [0.25, 0.3) is 0 Å². The zero-order valence-corrected chi connectivity index (χ0v) is 15.8. The highest BCUT2D eigenvalue weighted by molar-refractivity contribution is 6.30. The van der Waals surface area contributed by atoms with Gasteiger partial charge in [0, 0.05) is 10.7 Å². The number of anilines is 1. The van der Waals surface area contributed by atoms with Crippen LogP contribution >= 0.6 is 11.6 Å². The van der Waals surface area contributed by atoms with E-state index in [1.807, 2.05) is 42.5 Å². The van der Waals surface area contributed by atoms with Crippen molar-refractivity contribution in [3.8, 4) is 5.75 Å². The Kier molecular flexibility index (Phi) is 6.89. The molecule has 0 heterocycles. The van der Waals surface area contributed by atoms with Crippen molar-refractivity contribution < 1.29 is 9.53 Å². The first-order valence-electron chi connectivity index (χ1n) is 9.00. The maximum atomic E-state index is 12.1. The average Bonchev–Trinajstić information content (AvgIpc) is 2.69. The van der Waals surface area contributed by atoms with Crippen molar-refractivity contribution in [1.29, 1.82) is 0 Å². The zero-order valence-electron chi connectivity index (χ0n) is 15.0. The number of amides is 1. The van der Waals surface area contributed by atoms with Gasteiger partial charge in [-0.3, -0.25) is 4.79 Å². The number of carbonyl (C=O) groups is 1. The van der Waals surface area contributed by atoms with Gasteiger partial charge < -0.3 is 10.1 Å². The van der Waals surface area contributed by atoms with E-state index in [2.05, 4.69) is 29.6 Å². The Morgan fingerprint density at radius 3 is 2.26 bits per heavy atom. The van der Waals surface area contributed by atoms with E-state index in [-0.39, 0.29) is 5.91 Å². The monoisotopic (exact) mass is 379 g/mol. The van der Waals surface area contributed by atoms with Gasteiger partial charge >= 0.3 is 0 Å². The summed E-state index contributed by atoms with van der Waals surface area (Å²) in [6, 6.07) is 25.1. The van der Waals surface area contributed by atoms with E-state index in [1.165, 1.54) is 5.56 Å². The second-order valence-electron chi connectivity index (χ2n) is 6.31. The lowest BCUT2D eigenvalue weighted by Crippen LogP contribution is -2.14. The molecule has 3 rings (SSSR count). The fourth-order valence-corrected chi connectivity index (χ4v) is 2.86. The Bertz CT molecular complexity index is 846. The molecule has 0 aromatic heterocycles. The van der Waals surface area contributed by atoms with Crippen LogP contribution in [-0.4, -0.2) is 12.5 Å². The normalized spacial score (nSPS) is 10.4. The fraction of sp³-hybridized carbons (Fsp3) is 0.174. The predicted octanol–water partition coefficient (Wildman–Crippen LogP) is 5.53. The van der Waals surface area contributed by atoms with Gasteiger partial charge in [-0.05, 0) is 60.4 Å². The second-order valence-corrected chi connectivity index (χ2v) is 6.75. The maximum Gasteiger partial charge on any atom is 0.228 e. The Morgan fingerprint density at radius 2 is 1.56 bits per heavy atom. The molecule has 3 aromatic carbocycles. The van der Waals surface area contributed by atoms with Crippen LogP contribution in [0.15, 0.2) is 78.9 Å². The first-order chi connectivity index (χ1) is 13.2. The Morgan fingerprint density at radius 1 is 0.852 bits per heavy atom. The third kappa shape index (κ3) is 6.46. The number of ether oxygens (including phenoxy) is 1. The Balaban J connectivity index is 1.41. The molecule has 0 saturated carbocycles. The molecule has 4 heteroatoms. The summed E-state index contributed by atoms with van der Waals surface area (Å²) in [5, 5.41) is 3.56. The average molecular weight is 380 g/mol. The summed E-state index contributed by atoms with van der Waals surface area (Å²) in [5.74, 6) is 0.743. The molecule has 1 N–H and O–H groups in total. The summed E-state index contributed by atoms with van der Waals surface area (Å²) in [6.45, 7) is 0.664. The molecule has 0 saturated heterocycles. The third-order valence-electron chi connectivity index (χ3n) is 4.14. The van der Waals surface area contributed by atoms with E-state index in [4.69, 9.17) is 16.3 Å². The molecule has 0 spiro atoms. The molecule has 27 heavy (non-hydrogen) atoms. The number of halogens is 1. The van der Waals surface area contributed by atoms with E-state index < -0.39 is 0 Å². The van der Waals surface area contributed by atoms with Gasteiger partial charge in [0.1, 0.15) is 5.75 Å². The molecule has 0 aliphatic heterocycles. The van der Waals surface area contributed by atoms with E-state index in [1.54, 1.807) is 12.1 Å². The minimum Gasteiger partial charge on any atom is -0.494 e. The molecule has 138 valence electrons. The summed E-state index contributed by atoms with van der Waals surface area (Å²) in [7, 11) is 0. The molecular weight excluding hydrogens is 358 g/mol. The highest BCUT2D eigenvalue weighted by atomic mass is 35.5. The van der Waals surface area contributed by atoms with Crippen molar-refractivity contribution in [3.05, 3.63) is 95.0 Å². The van der Waals surface area contributed by atoms with Crippen LogP contribution in [0.25, 0.3) is 0 Å². The largest absolute Gasteiger partial charge is 0.494 e. The minimum atomic E-state index is -0.0612. The van der Waals surface area contributed by atoms with Crippen LogP contribution in [0, 0.1) is 0 Å². The molecule has 1 amide bonds. The Hall–Kier alpha value is -2.78. The van der Waals surface area contributed by atoms with Crippen molar-refractivity contribution in [3.63, 3.8) is 0 Å². The van der Waals surface area contributed by atoms with Crippen molar-refractivity contribution in [1.82, 2.24) is 0 Å². The Labute approximate surface area is 164 Å². The highest BCUT2D eigenvalue weighted by Crippen LogP contribution is 2.17. The van der Waals surface area contributed by atoms with Crippen LogP contribution in [0.1, 0.15) is 17.5 Å². The summed E-state index contributed by atoms with van der Waals surface area (Å²) < 4.78 is 5.77. The minimum absolute atomic E-state index is 0.0612. The fourth-order valence-electron chi connectivity index (χ4n) is 2.74. The zero-order chi connectivity index (χ0) is 18.9. The van der Waals surface area contributed by atoms with Crippen LogP contribution < -0.4 is 10.1 Å². The number of hydrogen-bond donors (Lipinski definition) is 1. The number of hydrogen-bond acceptors (Lipinski definition) is 2. The van der Waals surface area contributed by atoms with Crippen molar-refractivity contribution in [2.45, 2.75) is 19.3 Å². The lowest BCUT2D eigenvalue weighted by Gasteiger charge is -2.09. The second kappa shape index (κ2) is 9.79. The molecule has 0 bridgehead atoms. The molecule has 0 radical (unpaired) electrons. The van der Waals surface area contributed by atoms with Crippen LogP contribution in [0.2, 0.25) is 5.02 Å². The molecule has 3 nitrogen and oxygen atoms in total. The summed E-state index contributed by atoms with van der Waals surface area (Å²) >= 11 is 5.86. The number of benzene rings is 3. The first kappa shape index (κ1) is 19.0.